The van der Waals surface area contributed by atoms with Gasteiger partial charge in [0.2, 0.25) is 5.91 Å². The Morgan fingerprint density at radius 2 is 2.00 bits per heavy atom. The van der Waals surface area contributed by atoms with Gasteiger partial charge in [0.1, 0.15) is 0 Å². The molecule has 116 valence electrons. The van der Waals surface area contributed by atoms with Crippen LogP contribution in [0.3, 0.4) is 0 Å². The highest BCUT2D eigenvalue weighted by atomic mass is 16.5. The Morgan fingerprint density at radius 3 is 2.65 bits per heavy atom. The first-order chi connectivity index (χ1) is 9.76. The summed E-state index contributed by atoms with van der Waals surface area (Å²) >= 11 is 0. The summed E-state index contributed by atoms with van der Waals surface area (Å²) < 4.78 is 5.31. The van der Waals surface area contributed by atoms with Gasteiger partial charge in [-0.2, -0.15) is 0 Å². The minimum Gasteiger partial charge on any atom is -0.378 e. The Labute approximate surface area is 122 Å². The lowest BCUT2D eigenvalue weighted by Gasteiger charge is -2.40. The van der Waals surface area contributed by atoms with Crippen LogP contribution in [0.4, 0.5) is 0 Å². The van der Waals surface area contributed by atoms with Crippen molar-refractivity contribution in [2.75, 3.05) is 45.9 Å². The summed E-state index contributed by atoms with van der Waals surface area (Å²) in [6.07, 6.45) is 4.95. The van der Waals surface area contributed by atoms with Crippen LogP contribution in [0.5, 0.6) is 0 Å². The molecule has 20 heavy (non-hydrogen) atoms. The maximum atomic E-state index is 12.4. The first-order valence-electron chi connectivity index (χ1n) is 8.06. The molecule has 1 heterocycles. The number of likely N-dealkylation sites (N-methyl/N-ethyl adjacent to an activating group) is 1. The normalized spacial score (nSPS) is 27.9. The Morgan fingerprint density at radius 1 is 1.30 bits per heavy atom. The molecule has 2 rings (SSSR count). The molecule has 0 aromatic heterocycles. The van der Waals surface area contributed by atoms with Gasteiger partial charge in [0.25, 0.3) is 0 Å². The van der Waals surface area contributed by atoms with E-state index in [9.17, 15) is 4.79 Å². The molecule has 2 fully saturated rings. The number of carbonyl (C=O) groups excluding carboxylic acids is 1. The van der Waals surface area contributed by atoms with Crippen molar-refractivity contribution in [2.24, 2.45) is 11.7 Å². The van der Waals surface area contributed by atoms with Crippen LogP contribution in [0.2, 0.25) is 0 Å². The van der Waals surface area contributed by atoms with Gasteiger partial charge < -0.3 is 15.4 Å². The molecule has 0 aromatic rings. The van der Waals surface area contributed by atoms with E-state index in [1.54, 1.807) is 0 Å². The number of hydrogen-bond donors (Lipinski definition) is 1. The van der Waals surface area contributed by atoms with E-state index in [0.717, 1.165) is 26.2 Å². The van der Waals surface area contributed by atoms with Crippen molar-refractivity contribution in [2.45, 2.75) is 38.6 Å². The Balaban J connectivity index is 1.91. The first kappa shape index (κ1) is 15.7. The second-order valence-corrected chi connectivity index (χ2v) is 5.90. The predicted octanol–water partition coefficient (Wildman–Crippen LogP) is 0.685. The molecule has 1 saturated carbocycles. The molecule has 0 aromatic carbocycles. The van der Waals surface area contributed by atoms with Gasteiger partial charge in [-0.25, -0.2) is 0 Å². The third-order valence-electron chi connectivity index (χ3n) is 4.75. The van der Waals surface area contributed by atoms with Crippen molar-refractivity contribution in [1.82, 2.24) is 9.80 Å². The minimum atomic E-state index is 0.247. The fraction of sp³-hybridized carbons (Fsp3) is 0.933. The Bertz CT molecular complexity index is 305. The van der Waals surface area contributed by atoms with Gasteiger partial charge in [0.05, 0.1) is 19.8 Å². The van der Waals surface area contributed by atoms with Gasteiger partial charge in [0.15, 0.2) is 0 Å². The lowest BCUT2D eigenvalue weighted by Crippen LogP contribution is -2.51. The van der Waals surface area contributed by atoms with E-state index in [4.69, 9.17) is 10.5 Å². The van der Waals surface area contributed by atoms with Crippen LogP contribution < -0.4 is 5.73 Å². The third kappa shape index (κ3) is 3.93. The lowest BCUT2D eigenvalue weighted by molar-refractivity contribution is -0.137. The molecule has 1 saturated heterocycles. The van der Waals surface area contributed by atoms with Crippen LogP contribution in [0.1, 0.15) is 32.6 Å². The van der Waals surface area contributed by atoms with E-state index in [-0.39, 0.29) is 5.91 Å². The van der Waals surface area contributed by atoms with Crippen LogP contribution >= 0.6 is 0 Å². The van der Waals surface area contributed by atoms with Crippen molar-refractivity contribution in [1.29, 1.82) is 0 Å². The number of rotatable bonds is 5. The summed E-state index contributed by atoms with van der Waals surface area (Å²) in [5.41, 5.74) is 5.92. The standard InChI is InChI=1S/C15H29N3O2/c1-2-17(14-6-4-3-5-13(14)11-16)12-15(19)18-7-9-20-10-8-18/h13-14H,2-12,16H2,1H3. The lowest BCUT2D eigenvalue weighted by atomic mass is 9.83. The van der Waals surface area contributed by atoms with Gasteiger partial charge >= 0.3 is 0 Å². The fourth-order valence-corrected chi connectivity index (χ4v) is 3.49. The molecule has 2 atom stereocenters. The maximum absolute atomic E-state index is 12.4. The summed E-state index contributed by atoms with van der Waals surface area (Å²) in [5, 5.41) is 0. The summed E-state index contributed by atoms with van der Waals surface area (Å²) in [5.74, 6) is 0.803. The quantitative estimate of drug-likeness (QED) is 0.806. The smallest absolute Gasteiger partial charge is 0.236 e. The second-order valence-electron chi connectivity index (χ2n) is 5.90. The van der Waals surface area contributed by atoms with Gasteiger partial charge in [0, 0.05) is 19.1 Å². The number of hydrogen-bond acceptors (Lipinski definition) is 4. The average Bonchev–Trinajstić information content (AvgIpc) is 2.53. The fourth-order valence-electron chi connectivity index (χ4n) is 3.49. The van der Waals surface area contributed by atoms with Crippen LogP contribution in [-0.4, -0.2) is 67.7 Å². The van der Waals surface area contributed by atoms with Crippen molar-refractivity contribution < 1.29 is 9.53 Å². The molecule has 5 heteroatoms. The zero-order valence-corrected chi connectivity index (χ0v) is 12.7. The van der Waals surface area contributed by atoms with Crippen molar-refractivity contribution in [3.63, 3.8) is 0 Å². The molecule has 0 radical (unpaired) electrons. The summed E-state index contributed by atoms with van der Waals surface area (Å²) in [6.45, 7) is 7.18. The van der Waals surface area contributed by atoms with E-state index in [0.29, 0.717) is 31.7 Å². The van der Waals surface area contributed by atoms with E-state index >= 15 is 0 Å². The molecule has 5 nitrogen and oxygen atoms in total. The van der Waals surface area contributed by atoms with Crippen LogP contribution in [0, 0.1) is 5.92 Å². The Hall–Kier alpha value is -0.650. The topological polar surface area (TPSA) is 58.8 Å². The van der Waals surface area contributed by atoms with Crippen molar-refractivity contribution in [3.05, 3.63) is 0 Å². The number of nitrogens with zero attached hydrogens (tertiary/aromatic N) is 2. The van der Waals surface area contributed by atoms with Gasteiger partial charge in [-0.1, -0.05) is 19.8 Å². The highest BCUT2D eigenvalue weighted by molar-refractivity contribution is 5.78. The number of ether oxygens (including phenoxy) is 1. The summed E-state index contributed by atoms with van der Waals surface area (Å²) in [6, 6.07) is 0.490. The van der Waals surface area contributed by atoms with Crippen LogP contribution in [0.15, 0.2) is 0 Å². The molecular formula is C15H29N3O2. The molecule has 2 unspecified atom stereocenters. The summed E-state index contributed by atoms with van der Waals surface area (Å²) in [4.78, 5) is 16.7. The Kier molecular flexibility index (Phi) is 6.26. The molecule has 2 aliphatic rings. The van der Waals surface area contributed by atoms with E-state index < -0.39 is 0 Å². The molecule has 0 bridgehead atoms. The highest BCUT2D eigenvalue weighted by Crippen LogP contribution is 2.27. The summed E-state index contributed by atoms with van der Waals surface area (Å²) in [7, 11) is 0. The average molecular weight is 283 g/mol. The van der Waals surface area contributed by atoms with E-state index in [1.165, 1.54) is 25.7 Å². The van der Waals surface area contributed by atoms with Gasteiger partial charge in [-0.15, -0.1) is 0 Å². The number of morpholine rings is 1. The first-order valence-corrected chi connectivity index (χ1v) is 8.06. The molecule has 1 amide bonds. The second kappa shape index (κ2) is 7.96. The number of carbonyl (C=O) groups is 1. The molecular weight excluding hydrogens is 254 g/mol. The van der Waals surface area contributed by atoms with E-state index in [1.807, 2.05) is 4.90 Å². The van der Waals surface area contributed by atoms with Crippen LogP contribution in [0.25, 0.3) is 0 Å². The highest BCUT2D eigenvalue weighted by Gasteiger charge is 2.30. The van der Waals surface area contributed by atoms with Gasteiger partial charge in [-0.05, 0) is 31.8 Å². The van der Waals surface area contributed by atoms with Crippen molar-refractivity contribution in [3.8, 4) is 0 Å². The molecule has 2 N–H and O–H groups in total. The zero-order chi connectivity index (χ0) is 14.4. The SMILES string of the molecule is CCN(CC(=O)N1CCOCC1)C1CCCCC1CN. The molecule has 1 aliphatic carbocycles. The molecule has 1 aliphatic heterocycles. The zero-order valence-electron chi connectivity index (χ0n) is 12.7. The van der Waals surface area contributed by atoms with E-state index in [2.05, 4.69) is 11.8 Å². The predicted molar refractivity (Wildman–Crippen MR) is 79.4 cm³/mol. The van der Waals surface area contributed by atoms with Crippen LogP contribution in [-0.2, 0) is 9.53 Å². The largest absolute Gasteiger partial charge is 0.378 e. The number of nitrogens with two attached hydrogens (primary N) is 1. The van der Waals surface area contributed by atoms with Crippen molar-refractivity contribution >= 4 is 5.91 Å². The monoisotopic (exact) mass is 283 g/mol. The third-order valence-corrected chi connectivity index (χ3v) is 4.75. The minimum absolute atomic E-state index is 0.247. The van der Waals surface area contributed by atoms with Gasteiger partial charge in [-0.3, -0.25) is 9.69 Å². The molecule has 0 spiro atoms. The maximum Gasteiger partial charge on any atom is 0.236 e. The number of amides is 1.